The average Bonchev–Trinajstić information content (AvgIpc) is 3.08. The van der Waals surface area contributed by atoms with Gasteiger partial charge in [0.25, 0.3) is 0 Å². The summed E-state index contributed by atoms with van der Waals surface area (Å²) in [7, 11) is 0. The maximum Gasteiger partial charge on any atom is 0.341 e. The highest BCUT2D eigenvalue weighted by Gasteiger charge is 2.64. The standard InChI is InChI=1S/C28H27FN2O5/c1-3-13-31-20-8-6-5-7-19(20)28(27(31)34)23-21(32)14-17(16-9-11-18(29)12-10-16)15-22(23)36-25(30)24(28)26(33)35-4-2/h5-12,17H,3-4,13-15,30H2,1-2H3/t17-,28+/m1/s1. The van der Waals surface area contributed by atoms with Crippen LogP contribution in [-0.4, -0.2) is 30.8 Å². The van der Waals surface area contributed by atoms with Gasteiger partial charge in [0, 0.05) is 30.6 Å². The summed E-state index contributed by atoms with van der Waals surface area (Å²) in [5.74, 6) is -2.18. The molecule has 3 aliphatic rings. The first-order chi connectivity index (χ1) is 17.3. The van der Waals surface area contributed by atoms with Crippen molar-refractivity contribution in [2.24, 2.45) is 5.73 Å². The number of carbonyl (C=O) groups is 3. The number of hydrogen-bond acceptors (Lipinski definition) is 6. The number of anilines is 1. The lowest BCUT2D eigenvalue weighted by Crippen LogP contribution is -2.51. The molecule has 186 valence electrons. The molecule has 0 unspecified atom stereocenters. The van der Waals surface area contributed by atoms with Crippen molar-refractivity contribution in [3.63, 3.8) is 0 Å². The first-order valence-electron chi connectivity index (χ1n) is 12.1. The maximum absolute atomic E-state index is 14.3. The van der Waals surface area contributed by atoms with Gasteiger partial charge in [-0.3, -0.25) is 9.59 Å². The van der Waals surface area contributed by atoms with Gasteiger partial charge in [-0.1, -0.05) is 37.3 Å². The molecule has 0 aromatic heterocycles. The Bertz CT molecular complexity index is 1330. The van der Waals surface area contributed by atoms with Gasteiger partial charge in [-0.25, -0.2) is 9.18 Å². The van der Waals surface area contributed by atoms with Gasteiger partial charge < -0.3 is 20.1 Å². The monoisotopic (exact) mass is 490 g/mol. The normalized spacial score (nSPS) is 23.1. The summed E-state index contributed by atoms with van der Waals surface area (Å²) >= 11 is 0. The number of nitrogens with zero attached hydrogens (tertiary/aromatic N) is 1. The number of nitrogens with two attached hydrogens (primary N) is 1. The Morgan fingerprint density at radius 2 is 1.86 bits per heavy atom. The van der Waals surface area contributed by atoms with E-state index < -0.39 is 17.3 Å². The number of halogens is 1. The van der Waals surface area contributed by atoms with Gasteiger partial charge in [-0.15, -0.1) is 0 Å². The van der Waals surface area contributed by atoms with E-state index in [1.807, 2.05) is 13.0 Å². The first kappa shape index (κ1) is 23.8. The lowest BCUT2D eigenvalue weighted by atomic mass is 9.63. The number of ketones is 1. The van der Waals surface area contributed by atoms with Crippen LogP contribution in [0.4, 0.5) is 10.1 Å². The number of Topliss-reactive ketones (excluding diaryl/α,β-unsaturated/α-hetero) is 1. The Morgan fingerprint density at radius 1 is 1.14 bits per heavy atom. The molecule has 2 heterocycles. The highest BCUT2D eigenvalue weighted by molar-refractivity contribution is 6.23. The van der Waals surface area contributed by atoms with Gasteiger partial charge >= 0.3 is 5.97 Å². The van der Waals surface area contributed by atoms with Crippen LogP contribution < -0.4 is 10.6 Å². The van der Waals surface area contributed by atoms with Crippen LogP contribution in [0, 0.1) is 5.82 Å². The van der Waals surface area contributed by atoms with Crippen LogP contribution in [-0.2, 0) is 29.3 Å². The zero-order chi connectivity index (χ0) is 25.6. The predicted molar refractivity (Wildman–Crippen MR) is 130 cm³/mol. The quantitative estimate of drug-likeness (QED) is 0.637. The van der Waals surface area contributed by atoms with E-state index in [-0.39, 0.29) is 59.8 Å². The molecule has 2 atom stereocenters. The third-order valence-corrected chi connectivity index (χ3v) is 7.08. The van der Waals surface area contributed by atoms with E-state index in [4.69, 9.17) is 15.2 Å². The van der Waals surface area contributed by atoms with Crippen molar-refractivity contribution in [3.8, 4) is 0 Å². The molecule has 2 aliphatic heterocycles. The van der Waals surface area contributed by atoms with Crippen LogP contribution in [0.3, 0.4) is 0 Å². The van der Waals surface area contributed by atoms with Gasteiger partial charge in [0.1, 0.15) is 22.6 Å². The second-order valence-electron chi connectivity index (χ2n) is 9.16. The average molecular weight is 491 g/mol. The molecule has 1 aliphatic carbocycles. The number of hydrogen-bond donors (Lipinski definition) is 1. The lowest BCUT2D eigenvalue weighted by molar-refractivity contribution is -0.141. The van der Waals surface area contributed by atoms with E-state index in [0.29, 0.717) is 24.2 Å². The first-order valence-corrected chi connectivity index (χ1v) is 12.1. The molecule has 8 heteroatoms. The fourth-order valence-electron chi connectivity index (χ4n) is 5.69. The van der Waals surface area contributed by atoms with E-state index in [9.17, 15) is 18.8 Å². The van der Waals surface area contributed by atoms with Crippen molar-refractivity contribution in [3.05, 3.63) is 88.3 Å². The van der Waals surface area contributed by atoms with Crippen LogP contribution in [0.25, 0.3) is 0 Å². The van der Waals surface area contributed by atoms with Crippen LogP contribution in [0.2, 0.25) is 0 Å². The molecule has 1 amide bonds. The molecule has 0 fully saturated rings. The van der Waals surface area contributed by atoms with Crippen molar-refractivity contribution >= 4 is 23.3 Å². The highest BCUT2D eigenvalue weighted by Crippen LogP contribution is 2.57. The second-order valence-corrected chi connectivity index (χ2v) is 9.16. The Kier molecular flexibility index (Phi) is 5.90. The topological polar surface area (TPSA) is 98.9 Å². The summed E-state index contributed by atoms with van der Waals surface area (Å²) < 4.78 is 24.8. The molecular formula is C28H27FN2O5. The van der Waals surface area contributed by atoms with Gasteiger partial charge in [-0.2, -0.15) is 0 Å². The summed E-state index contributed by atoms with van der Waals surface area (Å²) in [4.78, 5) is 43.1. The number of esters is 1. The Labute approximate surface area is 208 Å². The van der Waals surface area contributed by atoms with Crippen molar-refractivity contribution in [2.75, 3.05) is 18.1 Å². The molecular weight excluding hydrogens is 463 g/mol. The molecule has 2 aromatic carbocycles. The molecule has 1 spiro atoms. The van der Waals surface area contributed by atoms with Crippen molar-refractivity contribution in [1.29, 1.82) is 0 Å². The predicted octanol–water partition coefficient (Wildman–Crippen LogP) is 3.98. The highest BCUT2D eigenvalue weighted by atomic mass is 19.1. The van der Waals surface area contributed by atoms with Crippen LogP contribution in [0.15, 0.2) is 71.3 Å². The summed E-state index contributed by atoms with van der Waals surface area (Å²) in [5, 5.41) is 0. The lowest BCUT2D eigenvalue weighted by Gasteiger charge is -2.40. The Morgan fingerprint density at radius 3 is 2.56 bits per heavy atom. The van der Waals surface area contributed by atoms with Gasteiger partial charge in [-0.05, 0) is 43.0 Å². The summed E-state index contributed by atoms with van der Waals surface area (Å²) in [6, 6.07) is 13.1. The number of ether oxygens (including phenoxy) is 2. The summed E-state index contributed by atoms with van der Waals surface area (Å²) in [6.07, 6.45) is 1.02. The maximum atomic E-state index is 14.3. The fraction of sp³-hybridized carbons (Fsp3) is 0.321. The minimum atomic E-state index is -1.75. The molecule has 5 rings (SSSR count). The van der Waals surface area contributed by atoms with E-state index in [2.05, 4.69) is 0 Å². The molecule has 36 heavy (non-hydrogen) atoms. The fourth-order valence-corrected chi connectivity index (χ4v) is 5.69. The minimum Gasteiger partial charge on any atom is -0.462 e. The van der Waals surface area contributed by atoms with Crippen molar-refractivity contribution < 1.29 is 28.2 Å². The van der Waals surface area contributed by atoms with Gasteiger partial charge in [0.2, 0.25) is 11.8 Å². The summed E-state index contributed by atoms with van der Waals surface area (Å²) in [6.45, 7) is 4.07. The second kappa shape index (κ2) is 8.93. The van der Waals surface area contributed by atoms with Crippen LogP contribution >= 0.6 is 0 Å². The Hall–Kier alpha value is -3.94. The molecule has 7 nitrogen and oxygen atoms in total. The van der Waals surface area contributed by atoms with E-state index >= 15 is 0 Å². The molecule has 2 aromatic rings. The van der Waals surface area contributed by atoms with E-state index in [0.717, 1.165) is 5.56 Å². The molecule has 0 saturated heterocycles. The van der Waals surface area contributed by atoms with Crippen LogP contribution in [0.5, 0.6) is 0 Å². The van der Waals surface area contributed by atoms with E-state index in [1.165, 1.54) is 12.1 Å². The third kappa shape index (κ3) is 3.35. The smallest absolute Gasteiger partial charge is 0.341 e. The van der Waals surface area contributed by atoms with Gasteiger partial charge in [0.15, 0.2) is 5.78 Å². The summed E-state index contributed by atoms with van der Waals surface area (Å²) in [5.41, 5.74) is 6.49. The third-order valence-electron chi connectivity index (χ3n) is 7.08. The largest absolute Gasteiger partial charge is 0.462 e. The SMILES string of the molecule is CCCN1C(=O)[C@@]2(C(C(=O)OCC)=C(N)OC3=C2C(=O)C[C@@H](c2ccc(F)cc2)C3)c2ccccc21. The molecule has 2 N–H and O–H groups in total. The number of para-hydroxylation sites is 1. The van der Waals surface area contributed by atoms with E-state index in [1.54, 1.807) is 42.2 Å². The number of rotatable bonds is 5. The van der Waals surface area contributed by atoms with Gasteiger partial charge in [0.05, 0.1) is 12.2 Å². The number of fused-ring (bicyclic) bond motifs is 3. The van der Waals surface area contributed by atoms with Crippen molar-refractivity contribution in [1.82, 2.24) is 0 Å². The number of benzene rings is 2. The molecule has 0 saturated carbocycles. The molecule has 0 bridgehead atoms. The van der Waals surface area contributed by atoms with Crippen LogP contribution in [0.1, 0.15) is 50.2 Å². The number of amides is 1. The number of allylic oxidation sites excluding steroid dienone is 1. The van der Waals surface area contributed by atoms with Crippen molar-refractivity contribution in [2.45, 2.75) is 44.4 Å². The zero-order valence-electron chi connectivity index (χ0n) is 20.2. The number of carbonyl (C=O) groups excluding carboxylic acids is 3. The zero-order valence-corrected chi connectivity index (χ0v) is 20.2. The minimum absolute atomic E-state index is 0.0622. The molecule has 0 radical (unpaired) electrons. The Balaban J connectivity index is 1.74.